The van der Waals surface area contributed by atoms with E-state index in [4.69, 9.17) is 9.15 Å². The molecule has 4 heteroatoms. The zero-order valence-corrected chi connectivity index (χ0v) is 13.6. The van der Waals surface area contributed by atoms with Crippen LogP contribution < -0.4 is 10.1 Å². The van der Waals surface area contributed by atoms with Gasteiger partial charge in [-0.15, -0.1) is 0 Å². The van der Waals surface area contributed by atoms with E-state index < -0.39 is 6.10 Å². The molecule has 0 aliphatic heterocycles. The van der Waals surface area contributed by atoms with E-state index in [-0.39, 0.29) is 11.3 Å². The lowest BCUT2D eigenvalue weighted by Gasteiger charge is -2.21. The van der Waals surface area contributed by atoms with E-state index in [9.17, 15) is 4.79 Å². The van der Waals surface area contributed by atoms with Gasteiger partial charge in [0.05, 0.1) is 12.8 Å². The Balaban J connectivity index is 1.93. The lowest BCUT2D eigenvalue weighted by molar-refractivity contribution is -0.127. The molecular weight excluding hydrogens is 278 g/mol. The molecule has 0 bridgehead atoms. The molecule has 0 aliphatic rings. The molecule has 22 heavy (non-hydrogen) atoms. The SMILES string of the molecule is CC(Oc1cccc(C(C)(C)C)c1)C(=O)NCc1ccco1. The van der Waals surface area contributed by atoms with Crippen LogP contribution in [0.25, 0.3) is 0 Å². The largest absolute Gasteiger partial charge is 0.481 e. The molecule has 0 aliphatic carbocycles. The fourth-order valence-electron chi connectivity index (χ4n) is 2.02. The zero-order valence-electron chi connectivity index (χ0n) is 13.6. The maximum Gasteiger partial charge on any atom is 0.261 e. The van der Waals surface area contributed by atoms with Gasteiger partial charge in [-0.05, 0) is 42.2 Å². The Labute approximate surface area is 131 Å². The Morgan fingerprint density at radius 2 is 2.05 bits per heavy atom. The van der Waals surface area contributed by atoms with E-state index in [1.807, 2.05) is 24.3 Å². The van der Waals surface area contributed by atoms with Gasteiger partial charge in [0.1, 0.15) is 11.5 Å². The van der Waals surface area contributed by atoms with Crippen molar-refractivity contribution in [2.75, 3.05) is 0 Å². The third-order valence-electron chi connectivity index (χ3n) is 3.40. The molecule has 118 valence electrons. The van der Waals surface area contributed by atoms with Crippen LogP contribution in [0.15, 0.2) is 47.1 Å². The number of carbonyl (C=O) groups excluding carboxylic acids is 1. The van der Waals surface area contributed by atoms with Crippen LogP contribution in [-0.4, -0.2) is 12.0 Å². The van der Waals surface area contributed by atoms with Crippen molar-refractivity contribution in [3.05, 3.63) is 54.0 Å². The number of nitrogens with one attached hydrogen (secondary N) is 1. The van der Waals surface area contributed by atoms with Crippen molar-refractivity contribution in [2.24, 2.45) is 0 Å². The Hall–Kier alpha value is -2.23. The van der Waals surface area contributed by atoms with Crippen molar-refractivity contribution in [2.45, 2.75) is 45.8 Å². The number of ether oxygens (including phenoxy) is 1. The van der Waals surface area contributed by atoms with Gasteiger partial charge in [-0.3, -0.25) is 4.79 Å². The third-order valence-corrected chi connectivity index (χ3v) is 3.40. The smallest absolute Gasteiger partial charge is 0.261 e. The predicted octanol–water partition coefficient (Wildman–Crippen LogP) is 3.66. The summed E-state index contributed by atoms with van der Waals surface area (Å²) < 4.78 is 10.9. The van der Waals surface area contributed by atoms with Gasteiger partial charge < -0.3 is 14.5 Å². The molecule has 0 saturated carbocycles. The van der Waals surface area contributed by atoms with Crippen molar-refractivity contribution < 1.29 is 13.9 Å². The fourth-order valence-corrected chi connectivity index (χ4v) is 2.02. The lowest BCUT2D eigenvalue weighted by atomic mass is 9.87. The predicted molar refractivity (Wildman–Crippen MR) is 85.8 cm³/mol. The van der Waals surface area contributed by atoms with E-state index in [1.165, 1.54) is 5.56 Å². The number of rotatable bonds is 5. The highest BCUT2D eigenvalue weighted by atomic mass is 16.5. The van der Waals surface area contributed by atoms with Crippen molar-refractivity contribution in [1.29, 1.82) is 0 Å². The van der Waals surface area contributed by atoms with Gasteiger partial charge in [-0.1, -0.05) is 32.9 Å². The van der Waals surface area contributed by atoms with Gasteiger partial charge in [-0.25, -0.2) is 0 Å². The van der Waals surface area contributed by atoms with Crippen molar-refractivity contribution in [3.63, 3.8) is 0 Å². The van der Waals surface area contributed by atoms with Crippen LogP contribution >= 0.6 is 0 Å². The maximum atomic E-state index is 12.0. The summed E-state index contributed by atoms with van der Waals surface area (Å²) in [5, 5.41) is 2.79. The summed E-state index contributed by atoms with van der Waals surface area (Å²) in [6, 6.07) is 11.5. The first-order valence-electron chi connectivity index (χ1n) is 7.43. The van der Waals surface area contributed by atoms with Gasteiger partial charge in [-0.2, -0.15) is 0 Å². The molecule has 1 atom stereocenters. The third kappa shape index (κ3) is 4.38. The Morgan fingerprint density at radius 1 is 1.27 bits per heavy atom. The van der Waals surface area contributed by atoms with E-state index in [0.717, 1.165) is 5.76 Å². The molecule has 1 unspecified atom stereocenters. The van der Waals surface area contributed by atoms with Gasteiger partial charge in [0, 0.05) is 0 Å². The molecule has 1 heterocycles. The summed E-state index contributed by atoms with van der Waals surface area (Å²) in [5.41, 5.74) is 1.22. The summed E-state index contributed by atoms with van der Waals surface area (Å²) in [6.45, 7) is 8.53. The molecule has 2 aromatic rings. The number of carbonyl (C=O) groups is 1. The first kappa shape index (κ1) is 16.1. The molecule has 0 radical (unpaired) electrons. The van der Waals surface area contributed by atoms with Gasteiger partial charge in [0.2, 0.25) is 0 Å². The molecule has 0 spiro atoms. The minimum atomic E-state index is -0.565. The molecule has 4 nitrogen and oxygen atoms in total. The first-order chi connectivity index (χ1) is 10.4. The van der Waals surface area contributed by atoms with Crippen molar-refractivity contribution >= 4 is 5.91 Å². The highest BCUT2D eigenvalue weighted by Crippen LogP contribution is 2.26. The van der Waals surface area contributed by atoms with E-state index >= 15 is 0 Å². The number of benzene rings is 1. The van der Waals surface area contributed by atoms with Crippen LogP contribution in [-0.2, 0) is 16.8 Å². The Bertz CT molecular complexity index is 612. The average Bonchev–Trinajstić information content (AvgIpc) is 2.97. The van der Waals surface area contributed by atoms with Gasteiger partial charge in [0.25, 0.3) is 5.91 Å². The molecule has 1 aromatic heterocycles. The molecule has 1 amide bonds. The molecule has 1 aromatic carbocycles. The van der Waals surface area contributed by atoms with E-state index in [1.54, 1.807) is 19.3 Å². The quantitative estimate of drug-likeness (QED) is 0.917. The summed E-state index contributed by atoms with van der Waals surface area (Å²) in [5.74, 6) is 1.25. The molecule has 2 rings (SSSR count). The summed E-state index contributed by atoms with van der Waals surface area (Å²) >= 11 is 0. The van der Waals surface area contributed by atoms with Crippen LogP contribution in [0.3, 0.4) is 0 Å². The van der Waals surface area contributed by atoms with Crippen LogP contribution in [0, 0.1) is 0 Å². The fraction of sp³-hybridized carbons (Fsp3) is 0.389. The molecular formula is C18H23NO3. The molecule has 1 N–H and O–H groups in total. The molecule has 0 saturated heterocycles. The standard InChI is InChI=1S/C18H23NO3/c1-13(17(20)19-12-16-9-6-10-21-16)22-15-8-5-7-14(11-15)18(2,3)4/h5-11,13H,12H2,1-4H3,(H,19,20). The number of amides is 1. The Morgan fingerprint density at radius 3 is 2.68 bits per heavy atom. The van der Waals surface area contributed by atoms with Crippen molar-refractivity contribution in [1.82, 2.24) is 5.32 Å². The molecule has 0 fully saturated rings. The van der Waals surface area contributed by atoms with Crippen LogP contribution in [0.4, 0.5) is 0 Å². The minimum Gasteiger partial charge on any atom is -0.481 e. The van der Waals surface area contributed by atoms with Gasteiger partial charge in [0.15, 0.2) is 6.10 Å². The maximum absolute atomic E-state index is 12.0. The van der Waals surface area contributed by atoms with Crippen LogP contribution in [0.2, 0.25) is 0 Å². The van der Waals surface area contributed by atoms with Crippen molar-refractivity contribution in [3.8, 4) is 5.75 Å². The van der Waals surface area contributed by atoms with E-state index in [2.05, 4.69) is 32.2 Å². The van der Waals surface area contributed by atoms with Gasteiger partial charge >= 0.3 is 0 Å². The van der Waals surface area contributed by atoms with Crippen LogP contribution in [0.5, 0.6) is 5.75 Å². The number of hydrogen-bond donors (Lipinski definition) is 1. The number of furan rings is 1. The van der Waals surface area contributed by atoms with Crippen LogP contribution in [0.1, 0.15) is 39.0 Å². The Kier molecular flexibility index (Phi) is 4.91. The summed E-state index contributed by atoms with van der Waals surface area (Å²) in [4.78, 5) is 12.0. The number of hydrogen-bond acceptors (Lipinski definition) is 3. The highest BCUT2D eigenvalue weighted by molar-refractivity contribution is 5.80. The second-order valence-electron chi connectivity index (χ2n) is 6.34. The first-order valence-corrected chi connectivity index (χ1v) is 7.43. The highest BCUT2D eigenvalue weighted by Gasteiger charge is 2.17. The lowest BCUT2D eigenvalue weighted by Crippen LogP contribution is -2.35. The second kappa shape index (κ2) is 6.69. The average molecular weight is 301 g/mol. The monoisotopic (exact) mass is 301 g/mol. The summed E-state index contributed by atoms with van der Waals surface area (Å²) in [7, 11) is 0. The summed E-state index contributed by atoms with van der Waals surface area (Å²) in [6.07, 6.45) is 1.02. The van der Waals surface area contributed by atoms with E-state index in [0.29, 0.717) is 12.3 Å². The second-order valence-corrected chi connectivity index (χ2v) is 6.34. The zero-order chi connectivity index (χ0) is 16.2. The topological polar surface area (TPSA) is 51.5 Å². The normalized spacial score (nSPS) is 12.7. The minimum absolute atomic E-state index is 0.0458.